The van der Waals surface area contributed by atoms with Gasteiger partial charge < -0.3 is 10.4 Å². The van der Waals surface area contributed by atoms with Crippen molar-refractivity contribution in [2.24, 2.45) is 0 Å². The minimum absolute atomic E-state index is 0.259. The lowest BCUT2D eigenvalue weighted by Crippen LogP contribution is -2.10. The average Bonchev–Trinajstić information content (AvgIpc) is 2.59. The van der Waals surface area contributed by atoms with Crippen molar-refractivity contribution < 1.29 is 14.8 Å². The third-order valence-corrected chi connectivity index (χ3v) is 2.42. The number of hydrogen-bond acceptors (Lipinski definition) is 3. The Balaban J connectivity index is 2.40. The normalized spacial score (nSPS) is 11.1. The Labute approximate surface area is 98.1 Å². The fourth-order valence-electron chi connectivity index (χ4n) is 1.73. The third kappa shape index (κ3) is 2.46. The van der Waals surface area contributed by atoms with Gasteiger partial charge in [-0.25, -0.2) is 4.39 Å². The predicted octanol–water partition coefficient (Wildman–Crippen LogP) is 2.35. The summed E-state index contributed by atoms with van der Waals surface area (Å²) in [5.41, 5.74) is 1.37. The molecule has 0 bridgehead atoms. The van der Waals surface area contributed by atoms with Gasteiger partial charge in [0, 0.05) is 18.8 Å². The van der Waals surface area contributed by atoms with E-state index >= 15 is 0 Å². The molecule has 0 unspecified atom stereocenters. The van der Waals surface area contributed by atoms with Crippen LogP contribution in [0.4, 0.5) is 4.39 Å². The van der Waals surface area contributed by atoms with Gasteiger partial charge >= 0.3 is 0 Å². The van der Waals surface area contributed by atoms with E-state index in [9.17, 15) is 9.60 Å². The molecule has 0 amide bonds. The SMILES string of the molecule is CN(O)Cc1cc(-c2ccccc2F)n(O)c1. The average molecular weight is 236 g/mol. The third-order valence-electron chi connectivity index (χ3n) is 2.42. The van der Waals surface area contributed by atoms with E-state index in [4.69, 9.17) is 5.21 Å². The van der Waals surface area contributed by atoms with Crippen LogP contribution in [0.25, 0.3) is 11.3 Å². The molecule has 0 aliphatic carbocycles. The van der Waals surface area contributed by atoms with Gasteiger partial charge in [-0.1, -0.05) is 12.1 Å². The van der Waals surface area contributed by atoms with Crippen LogP contribution in [0.2, 0.25) is 0 Å². The van der Waals surface area contributed by atoms with Gasteiger partial charge in [0.1, 0.15) is 5.82 Å². The van der Waals surface area contributed by atoms with Gasteiger partial charge in [-0.15, -0.1) is 0 Å². The molecule has 2 N–H and O–H groups in total. The van der Waals surface area contributed by atoms with Crippen LogP contribution in [0.15, 0.2) is 36.5 Å². The van der Waals surface area contributed by atoms with Crippen molar-refractivity contribution in [3.63, 3.8) is 0 Å². The summed E-state index contributed by atoms with van der Waals surface area (Å²) < 4.78 is 14.4. The standard InChI is InChI=1S/C12H13FN2O2/c1-14(16)7-9-6-12(15(17)8-9)10-4-2-3-5-11(10)13/h2-6,8,16-17H,7H2,1H3. The zero-order valence-corrected chi connectivity index (χ0v) is 9.34. The molecule has 0 saturated heterocycles. The minimum Gasteiger partial charge on any atom is -0.428 e. The topological polar surface area (TPSA) is 48.6 Å². The molecule has 1 aromatic carbocycles. The van der Waals surface area contributed by atoms with Crippen LogP contribution in [-0.2, 0) is 6.54 Å². The van der Waals surface area contributed by atoms with Crippen molar-refractivity contribution in [2.45, 2.75) is 6.54 Å². The molecule has 0 fully saturated rings. The molecule has 0 saturated carbocycles. The van der Waals surface area contributed by atoms with E-state index in [-0.39, 0.29) is 6.54 Å². The van der Waals surface area contributed by atoms with E-state index in [1.165, 1.54) is 19.3 Å². The number of benzene rings is 1. The second kappa shape index (κ2) is 4.57. The van der Waals surface area contributed by atoms with E-state index in [1.54, 1.807) is 24.3 Å². The van der Waals surface area contributed by atoms with Crippen molar-refractivity contribution in [1.29, 1.82) is 0 Å². The number of halogens is 1. The maximum Gasteiger partial charge on any atom is 0.132 e. The first-order chi connectivity index (χ1) is 8.08. The molecule has 0 radical (unpaired) electrons. The summed E-state index contributed by atoms with van der Waals surface area (Å²) in [6, 6.07) is 7.84. The van der Waals surface area contributed by atoms with Crippen molar-refractivity contribution in [3.05, 3.63) is 47.9 Å². The first-order valence-electron chi connectivity index (χ1n) is 5.13. The molecule has 2 rings (SSSR count). The molecular weight excluding hydrogens is 223 g/mol. The highest BCUT2D eigenvalue weighted by Gasteiger charge is 2.11. The van der Waals surface area contributed by atoms with E-state index in [0.717, 1.165) is 9.79 Å². The first kappa shape index (κ1) is 11.6. The van der Waals surface area contributed by atoms with E-state index in [0.29, 0.717) is 16.8 Å². The lowest BCUT2D eigenvalue weighted by atomic mass is 10.1. The summed E-state index contributed by atoms with van der Waals surface area (Å²) in [6.45, 7) is 0.259. The maximum atomic E-state index is 13.5. The fraction of sp³-hybridized carbons (Fsp3) is 0.167. The van der Waals surface area contributed by atoms with Crippen LogP contribution in [0.1, 0.15) is 5.56 Å². The summed E-state index contributed by atoms with van der Waals surface area (Å²) in [4.78, 5) is 0. The van der Waals surface area contributed by atoms with Crippen LogP contribution in [0, 0.1) is 5.82 Å². The van der Waals surface area contributed by atoms with E-state index < -0.39 is 5.82 Å². The van der Waals surface area contributed by atoms with Gasteiger partial charge in [-0.2, -0.15) is 9.79 Å². The monoisotopic (exact) mass is 236 g/mol. The molecule has 1 heterocycles. The number of hydrogen-bond donors (Lipinski definition) is 2. The van der Waals surface area contributed by atoms with Crippen molar-refractivity contribution in [1.82, 2.24) is 9.79 Å². The number of hydroxylamine groups is 2. The smallest absolute Gasteiger partial charge is 0.132 e. The molecule has 1 aromatic heterocycles. The highest BCUT2D eigenvalue weighted by molar-refractivity contribution is 5.61. The van der Waals surface area contributed by atoms with Gasteiger partial charge in [0.2, 0.25) is 0 Å². The summed E-state index contributed by atoms with van der Waals surface area (Å²) >= 11 is 0. The molecule has 90 valence electrons. The van der Waals surface area contributed by atoms with Crippen molar-refractivity contribution in [3.8, 4) is 11.3 Å². The second-order valence-electron chi connectivity index (χ2n) is 3.87. The molecule has 4 nitrogen and oxygen atoms in total. The zero-order chi connectivity index (χ0) is 12.4. The number of rotatable bonds is 3. The summed E-state index contributed by atoms with van der Waals surface area (Å²) in [5.74, 6) is -0.398. The van der Waals surface area contributed by atoms with E-state index in [2.05, 4.69) is 0 Å². The van der Waals surface area contributed by atoms with Crippen LogP contribution in [0.5, 0.6) is 0 Å². The largest absolute Gasteiger partial charge is 0.428 e. The van der Waals surface area contributed by atoms with Crippen LogP contribution >= 0.6 is 0 Å². The molecular formula is C12H13FN2O2. The van der Waals surface area contributed by atoms with Gasteiger partial charge in [-0.05, 0) is 23.8 Å². The quantitative estimate of drug-likeness (QED) is 0.635. The van der Waals surface area contributed by atoms with Crippen LogP contribution < -0.4 is 0 Å². The number of nitrogens with zero attached hydrogens (tertiary/aromatic N) is 2. The Bertz CT molecular complexity index is 523. The van der Waals surface area contributed by atoms with Gasteiger partial charge in [0.05, 0.1) is 12.2 Å². The summed E-state index contributed by atoms with van der Waals surface area (Å²) in [5, 5.41) is 19.8. The highest BCUT2D eigenvalue weighted by Crippen LogP contribution is 2.24. The fourth-order valence-corrected chi connectivity index (χ4v) is 1.73. The van der Waals surface area contributed by atoms with Crippen molar-refractivity contribution in [2.75, 3.05) is 7.05 Å². The Morgan fingerprint density at radius 2 is 2.06 bits per heavy atom. The summed E-state index contributed by atoms with van der Waals surface area (Å²) in [6.07, 6.45) is 1.44. The molecule has 0 aliphatic rings. The number of aromatic nitrogens is 1. The van der Waals surface area contributed by atoms with Gasteiger partial charge in [0.25, 0.3) is 0 Å². The summed E-state index contributed by atoms with van der Waals surface area (Å²) in [7, 11) is 1.50. The van der Waals surface area contributed by atoms with E-state index in [1.807, 2.05) is 0 Å². The lowest BCUT2D eigenvalue weighted by Gasteiger charge is -2.04. The minimum atomic E-state index is -0.398. The second-order valence-corrected chi connectivity index (χ2v) is 3.87. The molecule has 0 atom stereocenters. The highest BCUT2D eigenvalue weighted by atomic mass is 19.1. The van der Waals surface area contributed by atoms with Crippen LogP contribution in [0.3, 0.4) is 0 Å². The van der Waals surface area contributed by atoms with Crippen LogP contribution in [-0.4, -0.2) is 27.3 Å². The molecule has 2 aromatic rings. The van der Waals surface area contributed by atoms with Crippen molar-refractivity contribution >= 4 is 0 Å². The molecule has 0 aliphatic heterocycles. The Morgan fingerprint density at radius 1 is 1.35 bits per heavy atom. The zero-order valence-electron chi connectivity index (χ0n) is 9.34. The molecule has 17 heavy (non-hydrogen) atoms. The predicted molar refractivity (Wildman–Crippen MR) is 60.3 cm³/mol. The van der Waals surface area contributed by atoms with Gasteiger partial charge in [0.15, 0.2) is 0 Å². The maximum absolute atomic E-state index is 13.5. The lowest BCUT2D eigenvalue weighted by molar-refractivity contribution is -0.0732. The Hall–Kier alpha value is -1.85. The Morgan fingerprint density at radius 3 is 2.71 bits per heavy atom. The molecule has 0 spiro atoms. The van der Waals surface area contributed by atoms with Gasteiger partial charge in [-0.3, -0.25) is 0 Å². The Kier molecular flexibility index (Phi) is 3.12. The molecule has 5 heteroatoms. The first-order valence-corrected chi connectivity index (χ1v) is 5.13.